The zero-order valence-electron chi connectivity index (χ0n) is 16.0. The third-order valence-electron chi connectivity index (χ3n) is 5.56. The van der Waals surface area contributed by atoms with Crippen LogP contribution in [0.1, 0.15) is 25.3 Å². The lowest BCUT2D eigenvalue weighted by Crippen LogP contribution is -2.41. The van der Waals surface area contributed by atoms with Crippen LogP contribution in [0.3, 0.4) is 0 Å². The minimum absolute atomic E-state index is 0.319. The summed E-state index contributed by atoms with van der Waals surface area (Å²) >= 11 is 0. The van der Waals surface area contributed by atoms with Gasteiger partial charge in [-0.15, -0.1) is 0 Å². The molecule has 3 N–H and O–H groups in total. The lowest BCUT2D eigenvalue weighted by atomic mass is 9.78. The molecule has 2 heterocycles. The molecule has 7 nitrogen and oxygen atoms in total. The quantitative estimate of drug-likeness (QED) is 0.516. The SMILES string of the molecule is C/C(=N/Nc1ccccc1)c1ccccc1NC(=O)C1C(C(=O)O)[C@@H]2CC[C@H]1O2. The summed E-state index contributed by atoms with van der Waals surface area (Å²) in [5, 5.41) is 16.9. The van der Waals surface area contributed by atoms with Crippen molar-refractivity contribution in [1.29, 1.82) is 0 Å². The number of carbonyl (C=O) groups is 2. The van der Waals surface area contributed by atoms with Gasteiger partial charge in [0.25, 0.3) is 0 Å². The van der Waals surface area contributed by atoms with Gasteiger partial charge in [0.15, 0.2) is 0 Å². The van der Waals surface area contributed by atoms with E-state index in [0.717, 1.165) is 17.7 Å². The van der Waals surface area contributed by atoms with Crippen LogP contribution in [0.5, 0.6) is 0 Å². The molecule has 29 heavy (non-hydrogen) atoms. The number of carboxylic acid groups (broad SMARTS) is 1. The Morgan fingerprint density at radius 2 is 1.66 bits per heavy atom. The summed E-state index contributed by atoms with van der Waals surface area (Å²) in [6.45, 7) is 1.85. The van der Waals surface area contributed by atoms with Crippen molar-refractivity contribution in [2.75, 3.05) is 10.7 Å². The number of rotatable bonds is 6. The molecule has 0 aromatic heterocycles. The fourth-order valence-corrected chi connectivity index (χ4v) is 4.17. The Morgan fingerprint density at radius 1 is 1.00 bits per heavy atom. The Hall–Kier alpha value is -3.19. The van der Waals surface area contributed by atoms with Crippen LogP contribution in [0.4, 0.5) is 11.4 Å². The number of anilines is 2. The first-order valence-electron chi connectivity index (χ1n) is 9.68. The molecular weight excluding hydrogens is 370 g/mol. The van der Waals surface area contributed by atoms with Gasteiger partial charge in [0.1, 0.15) is 0 Å². The molecule has 2 unspecified atom stereocenters. The number of nitrogens with zero attached hydrogens (tertiary/aromatic N) is 1. The molecule has 2 aromatic rings. The summed E-state index contributed by atoms with van der Waals surface area (Å²) in [5.74, 6) is -2.77. The highest BCUT2D eigenvalue weighted by atomic mass is 16.5. The first kappa shape index (κ1) is 19.1. The number of hydrogen-bond acceptors (Lipinski definition) is 5. The van der Waals surface area contributed by atoms with E-state index in [2.05, 4.69) is 15.8 Å². The lowest BCUT2D eigenvalue weighted by Gasteiger charge is -2.24. The van der Waals surface area contributed by atoms with Crippen LogP contribution in [0.15, 0.2) is 59.7 Å². The van der Waals surface area contributed by atoms with E-state index in [9.17, 15) is 14.7 Å². The van der Waals surface area contributed by atoms with Crippen molar-refractivity contribution in [3.8, 4) is 0 Å². The summed E-state index contributed by atoms with van der Waals surface area (Å²) in [4.78, 5) is 24.6. The summed E-state index contributed by atoms with van der Waals surface area (Å²) in [7, 11) is 0. The molecule has 150 valence electrons. The van der Waals surface area contributed by atoms with Gasteiger partial charge in [-0.05, 0) is 38.0 Å². The van der Waals surface area contributed by atoms with E-state index in [-0.39, 0.29) is 18.1 Å². The van der Waals surface area contributed by atoms with Crippen molar-refractivity contribution in [1.82, 2.24) is 0 Å². The van der Waals surface area contributed by atoms with Gasteiger partial charge < -0.3 is 15.2 Å². The second-order valence-electron chi connectivity index (χ2n) is 7.39. The van der Waals surface area contributed by atoms with Crippen molar-refractivity contribution in [2.45, 2.75) is 32.0 Å². The van der Waals surface area contributed by atoms with Gasteiger partial charge in [-0.2, -0.15) is 5.10 Å². The number of nitrogens with one attached hydrogen (secondary N) is 2. The second-order valence-corrected chi connectivity index (χ2v) is 7.39. The smallest absolute Gasteiger partial charge is 0.310 e. The largest absolute Gasteiger partial charge is 0.481 e. The van der Waals surface area contributed by atoms with E-state index in [1.54, 1.807) is 6.07 Å². The van der Waals surface area contributed by atoms with Crippen LogP contribution < -0.4 is 10.7 Å². The Morgan fingerprint density at radius 3 is 2.38 bits per heavy atom. The number of ether oxygens (including phenoxy) is 1. The number of carbonyl (C=O) groups excluding carboxylic acids is 1. The number of amides is 1. The molecule has 2 fully saturated rings. The maximum atomic E-state index is 13.0. The van der Waals surface area contributed by atoms with Crippen LogP contribution in [-0.2, 0) is 14.3 Å². The highest BCUT2D eigenvalue weighted by molar-refractivity contribution is 6.07. The number of hydrogen-bond donors (Lipinski definition) is 3. The fourth-order valence-electron chi connectivity index (χ4n) is 4.17. The van der Waals surface area contributed by atoms with Gasteiger partial charge in [0.2, 0.25) is 5.91 Å². The molecule has 2 aromatic carbocycles. The Balaban J connectivity index is 1.52. The highest BCUT2D eigenvalue weighted by Crippen LogP contribution is 2.44. The lowest BCUT2D eigenvalue weighted by molar-refractivity contribution is -0.147. The third kappa shape index (κ3) is 3.86. The van der Waals surface area contributed by atoms with E-state index >= 15 is 0 Å². The van der Waals surface area contributed by atoms with Crippen molar-refractivity contribution < 1.29 is 19.4 Å². The van der Waals surface area contributed by atoms with Gasteiger partial charge >= 0.3 is 5.97 Å². The number of fused-ring (bicyclic) bond motifs is 2. The van der Waals surface area contributed by atoms with Gasteiger partial charge in [0, 0.05) is 11.3 Å². The van der Waals surface area contributed by atoms with E-state index in [4.69, 9.17) is 4.74 Å². The van der Waals surface area contributed by atoms with Gasteiger partial charge in [-0.1, -0.05) is 36.4 Å². The summed E-state index contributed by atoms with van der Waals surface area (Å²) < 4.78 is 5.71. The molecule has 0 spiro atoms. The maximum absolute atomic E-state index is 13.0. The topological polar surface area (TPSA) is 100 Å². The molecule has 1 amide bonds. The average Bonchev–Trinajstić information content (AvgIpc) is 3.35. The molecule has 7 heteroatoms. The molecule has 0 radical (unpaired) electrons. The Kier molecular flexibility index (Phi) is 5.31. The zero-order chi connectivity index (χ0) is 20.4. The third-order valence-corrected chi connectivity index (χ3v) is 5.56. The van der Waals surface area contributed by atoms with Crippen molar-refractivity contribution >= 4 is 29.0 Å². The standard InChI is InChI=1S/C22H23N3O4/c1-13(24-25-14-7-3-2-4-8-14)15-9-5-6-10-16(15)23-21(26)19-17-11-12-18(29-17)20(19)22(27)28/h2-10,17-20,25H,11-12H2,1H3,(H,23,26)(H,27,28)/b24-13-/t17-,18+,19?,20?/m1/s1. The number of hydrazone groups is 1. The molecule has 4 rings (SSSR count). The fraction of sp³-hybridized carbons (Fsp3) is 0.318. The molecule has 2 bridgehead atoms. The maximum Gasteiger partial charge on any atom is 0.310 e. The van der Waals surface area contributed by atoms with Crippen LogP contribution >= 0.6 is 0 Å². The van der Waals surface area contributed by atoms with Gasteiger partial charge in [-0.25, -0.2) is 0 Å². The minimum atomic E-state index is -0.976. The Bertz CT molecular complexity index is 944. The minimum Gasteiger partial charge on any atom is -0.481 e. The highest BCUT2D eigenvalue weighted by Gasteiger charge is 2.55. The first-order chi connectivity index (χ1) is 14.0. The number of para-hydroxylation sites is 2. The summed E-state index contributed by atoms with van der Waals surface area (Å²) in [5.41, 5.74) is 5.92. The number of benzene rings is 2. The van der Waals surface area contributed by atoms with Crippen molar-refractivity contribution in [3.05, 3.63) is 60.2 Å². The zero-order valence-corrected chi connectivity index (χ0v) is 16.0. The molecule has 2 aliphatic heterocycles. The molecule has 4 atom stereocenters. The van der Waals surface area contributed by atoms with E-state index in [1.165, 1.54) is 0 Å². The first-order valence-corrected chi connectivity index (χ1v) is 9.68. The van der Waals surface area contributed by atoms with Crippen LogP contribution in [0.2, 0.25) is 0 Å². The molecular formula is C22H23N3O4. The van der Waals surface area contributed by atoms with Gasteiger partial charge in [0.05, 0.1) is 35.4 Å². The van der Waals surface area contributed by atoms with E-state index in [0.29, 0.717) is 17.8 Å². The van der Waals surface area contributed by atoms with E-state index < -0.39 is 17.8 Å². The van der Waals surface area contributed by atoms with Crippen LogP contribution in [0.25, 0.3) is 0 Å². The van der Waals surface area contributed by atoms with E-state index in [1.807, 2.05) is 55.5 Å². The second kappa shape index (κ2) is 8.05. The van der Waals surface area contributed by atoms with Gasteiger partial charge in [-0.3, -0.25) is 15.0 Å². The average molecular weight is 393 g/mol. The predicted octanol–water partition coefficient (Wildman–Crippen LogP) is 3.34. The molecule has 0 saturated carbocycles. The number of carboxylic acids is 1. The summed E-state index contributed by atoms with van der Waals surface area (Å²) in [6, 6.07) is 16.9. The molecule has 0 aliphatic carbocycles. The monoisotopic (exact) mass is 393 g/mol. The van der Waals surface area contributed by atoms with Crippen LogP contribution in [0, 0.1) is 11.8 Å². The summed E-state index contributed by atoms with van der Waals surface area (Å²) in [6.07, 6.45) is 0.707. The van der Waals surface area contributed by atoms with Crippen molar-refractivity contribution in [3.63, 3.8) is 0 Å². The Labute approximate surface area is 168 Å². The van der Waals surface area contributed by atoms with Crippen LogP contribution in [-0.4, -0.2) is 34.9 Å². The predicted molar refractivity (Wildman–Crippen MR) is 110 cm³/mol. The molecule has 2 aliphatic rings. The van der Waals surface area contributed by atoms with Crippen molar-refractivity contribution in [2.24, 2.45) is 16.9 Å². The number of aliphatic carboxylic acids is 1. The molecule has 2 saturated heterocycles. The normalized spacial score (nSPS) is 25.6.